The number of carbonyl (C=O) groups excluding carboxylic acids is 1. The molecule has 85 heavy (non-hydrogen) atoms. The zero-order chi connectivity index (χ0) is 61.6. The maximum Gasteiger partial charge on any atom is 0.220 e. The molecule has 0 aromatic rings. The zero-order valence-electron chi connectivity index (χ0n) is 54.9. The second-order valence-electron chi connectivity index (χ2n) is 26.1. The number of hydrogen-bond donors (Lipinski definition) is 9. The molecule has 2 aliphatic heterocycles. The minimum absolute atomic E-state index is 0.201. The van der Waals surface area contributed by atoms with Crippen molar-refractivity contribution in [3.05, 3.63) is 12.2 Å². The van der Waals surface area contributed by atoms with Gasteiger partial charge in [-0.3, -0.25) is 4.79 Å². The molecule has 1 amide bonds. The Bertz CT molecular complexity index is 1470. The van der Waals surface area contributed by atoms with E-state index in [-0.39, 0.29) is 12.5 Å². The molecule has 0 aromatic heterocycles. The number of aliphatic hydroxyl groups excluding tert-OH is 8. The van der Waals surface area contributed by atoms with Crippen LogP contribution in [0.25, 0.3) is 0 Å². The van der Waals surface area contributed by atoms with E-state index in [9.17, 15) is 45.6 Å². The molecule has 0 bridgehead atoms. The van der Waals surface area contributed by atoms with Crippen LogP contribution in [0, 0.1) is 0 Å². The van der Waals surface area contributed by atoms with E-state index in [1.165, 1.54) is 263 Å². The van der Waals surface area contributed by atoms with Crippen LogP contribution in [0.4, 0.5) is 0 Å². The summed E-state index contributed by atoms with van der Waals surface area (Å²) >= 11 is 0. The number of carbonyl (C=O) groups is 1. The van der Waals surface area contributed by atoms with Gasteiger partial charge in [0.25, 0.3) is 0 Å². The summed E-state index contributed by atoms with van der Waals surface area (Å²) in [6, 6.07) is -0.823. The molecule has 2 rings (SSSR count). The van der Waals surface area contributed by atoms with Crippen LogP contribution < -0.4 is 5.32 Å². The third-order valence-electron chi connectivity index (χ3n) is 18.2. The Morgan fingerprint density at radius 1 is 0.412 bits per heavy atom. The van der Waals surface area contributed by atoms with Crippen molar-refractivity contribution in [1.29, 1.82) is 0 Å². The normalized spacial score (nSPS) is 23.5. The van der Waals surface area contributed by atoms with Gasteiger partial charge in [-0.1, -0.05) is 309 Å². The third-order valence-corrected chi connectivity index (χ3v) is 18.2. The highest BCUT2D eigenvalue weighted by Gasteiger charge is 2.51. The lowest BCUT2D eigenvalue weighted by Crippen LogP contribution is -2.65. The Labute approximate surface area is 520 Å². The van der Waals surface area contributed by atoms with Gasteiger partial charge in [0.15, 0.2) is 12.6 Å². The number of ether oxygens (including phenoxy) is 4. The number of allylic oxidation sites excluding steroid dienone is 2. The van der Waals surface area contributed by atoms with Gasteiger partial charge in [0.1, 0.15) is 48.8 Å². The van der Waals surface area contributed by atoms with Crippen molar-refractivity contribution in [2.75, 3.05) is 19.8 Å². The van der Waals surface area contributed by atoms with Crippen LogP contribution in [0.5, 0.6) is 0 Å². The molecule has 14 nitrogen and oxygen atoms in total. The average molecular weight is 1210 g/mol. The zero-order valence-corrected chi connectivity index (χ0v) is 54.9. The first-order valence-corrected chi connectivity index (χ1v) is 36.4. The molecule has 0 aromatic carbocycles. The number of nitrogens with one attached hydrogen (secondary N) is 1. The van der Waals surface area contributed by atoms with E-state index in [4.69, 9.17) is 18.9 Å². The third kappa shape index (κ3) is 41.0. The van der Waals surface area contributed by atoms with E-state index in [0.717, 1.165) is 51.4 Å². The summed E-state index contributed by atoms with van der Waals surface area (Å²) in [6.07, 6.45) is 53.0. The van der Waals surface area contributed by atoms with E-state index < -0.39 is 86.8 Å². The topological polar surface area (TPSA) is 228 Å². The Morgan fingerprint density at radius 3 is 1.12 bits per heavy atom. The summed E-state index contributed by atoms with van der Waals surface area (Å²) in [5.41, 5.74) is 0. The lowest BCUT2D eigenvalue weighted by molar-refractivity contribution is -0.359. The van der Waals surface area contributed by atoms with Gasteiger partial charge in [0.05, 0.1) is 32.0 Å². The van der Waals surface area contributed by atoms with Crippen molar-refractivity contribution < 1.29 is 64.6 Å². The minimum Gasteiger partial charge on any atom is -0.394 e. The molecule has 12 unspecified atom stereocenters. The number of unbranched alkanes of at least 4 members (excludes halogenated alkanes) is 46. The molecule has 14 heteroatoms. The fourth-order valence-corrected chi connectivity index (χ4v) is 12.4. The van der Waals surface area contributed by atoms with Gasteiger partial charge in [-0.05, 0) is 38.5 Å². The van der Waals surface area contributed by atoms with E-state index >= 15 is 0 Å². The molecule has 2 saturated heterocycles. The highest BCUT2D eigenvalue weighted by Crippen LogP contribution is 2.30. The van der Waals surface area contributed by atoms with Gasteiger partial charge < -0.3 is 65.1 Å². The van der Waals surface area contributed by atoms with E-state index in [1.54, 1.807) is 0 Å². The SMILES string of the molecule is CCCCCCCCCC/C=C\CCCCCCCCCCCCCCCCCCCCCCCCCCCCCCCC(=O)NC(COC1OC(CO)C(OC2OC(CO)C(O)C(O)C2O)C(O)C1O)C(O)CCCCCCCCCCCC. The summed E-state index contributed by atoms with van der Waals surface area (Å²) in [4.78, 5) is 13.3. The monoisotopic (exact) mass is 1210 g/mol. The smallest absolute Gasteiger partial charge is 0.220 e. The first-order valence-electron chi connectivity index (χ1n) is 36.4. The second kappa shape index (κ2) is 56.7. The summed E-state index contributed by atoms with van der Waals surface area (Å²) in [5.74, 6) is -0.201. The van der Waals surface area contributed by atoms with E-state index in [0.29, 0.717) is 12.8 Å². The molecule has 0 aliphatic carbocycles. The quantitative estimate of drug-likeness (QED) is 0.0204. The molecule has 2 heterocycles. The fourth-order valence-electron chi connectivity index (χ4n) is 12.4. The number of rotatable bonds is 61. The second-order valence-corrected chi connectivity index (χ2v) is 26.1. The number of amides is 1. The largest absolute Gasteiger partial charge is 0.394 e. The maximum absolute atomic E-state index is 13.3. The van der Waals surface area contributed by atoms with Crippen LogP contribution in [-0.2, 0) is 23.7 Å². The van der Waals surface area contributed by atoms with Crippen LogP contribution in [0.3, 0.4) is 0 Å². The summed E-state index contributed by atoms with van der Waals surface area (Å²) in [5, 5.41) is 87.2. The van der Waals surface area contributed by atoms with Crippen LogP contribution in [0.1, 0.15) is 341 Å². The van der Waals surface area contributed by atoms with Crippen molar-refractivity contribution in [2.45, 2.75) is 415 Å². The standard InChI is InChI=1S/C71H137NO13/c1-3-5-7-9-11-13-15-16-17-18-19-20-21-22-23-24-25-26-27-28-29-30-31-32-33-34-35-36-37-38-39-40-41-42-43-44-45-47-49-51-53-55-63(76)72-59(60(75)54-52-50-48-46-14-12-10-8-6-4-2)58-82-70-68(81)66(79)69(62(57-74)84-70)85-71-67(80)65(78)64(77)61(56-73)83-71/h18-19,59-62,64-71,73-75,77-81H,3-17,20-58H2,1-2H3,(H,72,76)/b19-18-. The van der Waals surface area contributed by atoms with E-state index in [1.807, 2.05) is 0 Å². The van der Waals surface area contributed by atoms with E-state index in [2.05, 4.69) is 31.3 Å². The van der Waals surface area contributed by atoms with Crippen molar-refractivity contribution >= 4 is 5.91 Å². The molecule has 0 spiro atoms. The molecule has 2 fully saturated rings. The molecule has 2 aliphatic rings. The van der Waals surface area contributed by atoms with Gasteiger partial charge in [-0.25, -0.2) is 0 Å². The lowest BCUT2D eigenvalue weighted by atomic mass is 9.97. The van der Waals surface area contributed by atoms with Crippen molar-refractivity contribution in [3.63, 3.8) is 0 Å². The maximum atomic E-state index is 13.3. The predicted molar refractivity (Wildman–Crippen MR) is 346 cm³/mol. The van der Waals surface area contributed by atoms with Crippen molar-refractivity contribution in [2.24, 2.45) is 0 Å². The van der Waals surface area contributed by atoms with Crippen LogP contribution in [0.2, 0.25) is 0 Å². The predicted octanol–water partition coefficient (Wildman–Crippen LogP) is 15.0. The Morgan fingerprint density at radius 2 is 0.741 bits per heavy atom. The first kappa shape index (κ1) is 79.8. The fraction of sp³-hybridized carbons (Fsp3) is 0.958. The summed E-state index contributed by atoms with van der Waals surface area (Å²) < 4.78 is 22.8. The van der Waals surface area contributed by atoms with Crippen molar-refractivity contribution in [1.82, 2.24) is 5.32 Å². The Hall–Kier alpha value is -1.27. The van der Waals surface area contributed by atoms with Crippen LogP contribution in [0.15, 0.2) is 12.2 Å². The number of hydrogen-bond acceptors (Lipinski definition) is 13. The molecule has 9 N–H and O–H groups in total. The average Bonchev–Trinajstić information content (AvgIpc) is 2.93. The summed E-state index contributed by atoms with van der Waals surface area (Å²) in [7, 11) is 0. The molecule has 504 valence electrons. The number of aliphatic hydroxyl groups is 8. The van der Waals surface area contributed by atoms with Gasteiger partial charge in [0.2, 0.25) is 5.91 Å². The highest BCUT2D eigenvalue weighted by atomic mass is 16.7. The molecule has 12 atom stereocenters. The van der Waals surface area contributed by atoms with Gasteiger partial charge in [-0.2, -0.15) is 0 Å². The molecule has 0 saturated carbocycles. The van der Waals surface area contributed by atoms with Crippen LogP contribution in [-0.4, -0.2) is 140 Å². The van der Waals surface area contributed by atoms with Gasteiger partial charge in [0, 0.05) is 6.42 Å². The van der Waals surface area contributed by atoms with Crippen LogP contribution >= 0.6 is 0 Å². The lowest BCUT2D eigenvalue weighted by Gasteiger charge is -2.46. The summed E-state index contributed by atoms with van der Waals surface area (Å²) in [6.45, 7) is 2.87. The van der Waals surface area contributed by atoms with Gasteiger partial charge >= 0.3 is 0 Å². The molecular weight excluding hydrogens is 1070 g/mol. The van der Waals surface area contributed by atoms with Crippen molar-refractivity contribution in [3.8, 4) is 0 Å². The Balaban J connectivity index is 1.48. The minimum atomic E-state index is -1.78. The molecular formula is C71H137NO13. The first-order chi connectivity index (χ1) is 41.6. The highest BCUT2D eigenvalue weighted by molar-refractivity contribution is 5.76. The molecule has 0 radical (unpaired) electrons. The van der Waals surface area contributed by atoms with Gasteiger partial charge in [-0.15, -0.1) is 0 Å². The Kier molecular flexibility index (Phi) is 53.2.